The molecule has 0 N–H and O–H groups in total. The summed E-state index contributed by atoms with van der Waals surface area (Å²) < 4.78 is 5.77. The molecule has 3 aromatic rings. The third kappa shape index (κ3) is 1.68. The van der Waals surface area contributed by atoms with Crippen molar-refractivity contribution in [1.82, 2.24) is 0 Å². The van der Waals surface area contributed by atoms with Crippen molar-refractivity contribution in [2.75, 3.05) is 0 Å². The molecule has 1 aliphatic rings. The topological polar surface area (TPSA) is 13.1 Å². The summed E-state index contributed by atoms with van der Waals surface area (Å²) in [5.74, 6) is 0.658. The van der Waals surface area contributed by atoms with Gasteiger partial charge >= 0.3 is 0 Å². The zero-order chi connectivity index (χ0) is 12.8. The van der Waals surface area contributed by atoms with Crippen LogP contribution < -0.4 is 0 Å². The SMILES string of the molecule is Clc1cccc2c1ccc1occ(C3CCCC3)c12. The van der Waals surface area contributed by atoms with E-state index in [4.69, 9.17) is 16.0 Å². The lowest BCUT2D eigenvalue weighted by atomic mass is 9.94. The summed E-state index contributed by atoms with van der Waals surface area (Å²) in [4.78, 5) is 0. The highest BCUT2D eigenvalue weighted by atomic mass is 35.5. The van der Waals surface area contributed by atoms with E-state index in [-0.39, 0.29) is 0 Å². The lowest BCUT2D eigenvalue weighted by molar-refractivity contribution is 0.599. The number of furan rings is 1. The second kappa shape index (κ2) is 4.28. The van der Waals surface area contributed by atoms with Crippen LogP contribution in [-0.2, 0) is 0 Å². The number of halogens is 1. The fourth-order valence-electron chi connectivity index (χ4n) is 3.42. The highest BCUT2D eigenvalue weighted by molar-refractivity contribution is 6.36. The Balaban J connectivity index is 2.07. The Bertz CT molecular complexity index is 750. The number of fused-ring (bicyclic) bond motifs is 3. The molecule has 1 nitrogen and oxygen atoms in total. The van der Waals surface area contributed by atoms with Gasteiger partial charge in [0, 0.05) is 21.4 Å². The lowest BCUT2D eigenvalue weighted by Crippen LogP contribution is -1.90. The molecular formula is C17H15ClO. The Hall–Kier alpha value is -1.47. The van der Waals surface area contributed by atoms with Crippen LogP contribution in [0.2, 0.25) is 5.02 Å². The van der Waals surface area contributed by atoms with E-state index in [0.29, 0.717) is 5.92 Å². The van der Waals surface area contributed by atoms with Crippen LogP contribution in [0.15, 0.2) is 41.0 Å². The quantitative estimate of drug-likeness (QED) is 0.537. The van der Waals surface area contributed by atoms with Crippen molar-refractivity contribution >= 4 is 33.3 Å². The molecule has 1 fully saturated rings. The minimum absolute atomic E-state index is 0.658. The smallest absolute Gasteiger partial charge is 0.134 e. The zero-order valence-corrected chi connectivity index (χ0v) is 11.4. The largest absolute Gasteiger partial charge is 0.464 e. The maximum absolute atomic E-state index is 6.31. The van der Waals surface area contributed by atoms with Crippen LogP contribution in [0.4, 0.5) is 0 Å². The summed E-state index contributed by atoms with van der Waals surface area (Å²) in [5, 5.41) is 4.43. The molecule has 0 radical (unpaired) electrons. The first kappa shape index (κ1) is 11.4. The molecule has 2 aromatic carbocycles. The van der Waals surface area contributed by atoms with Gasteiger partial charge in [-0.25, -0.2) is 0 Å². The molecule has 0 amide bonds. The van der Waals surface area contributed by atoms with Crippen LogP contribution in [-0.4, -0.2) is 0 Å². The molecule has 0 spiro atoms. The van der Waals surface area contributed by atoms with Gasteiger partial charge in [0.15, 0.2) is 0 Å². The first-order valence-electron chi connectivity index (χ1n) is 6.93. The summed E-state index contributed by atoms with van der Waals surface area (Å²) in [7, 11) is 0. The molecular weight excluding hydrogens is 256 g/mol. The zero-order valence-electron chi connectivity index (χ0n) is 10.7. The first-order chi connectivity index (χ1) is 9.34. The predicted octanol–water partition coefficient (Wildman–Crippen LogP) is 5.90. The van der Waals surface area contributed by atoms with Gasteiger partial charge in [-0.3, -0.25) is 0 Å². The number of hydrogen-bond acceptors (Lipinski definition) is 1. The standard InChI is InChI=1S/C17H15ClO/c18-15-7-3-6-13-12(15)8-9-16-17(13)14(10-19-16)11-4-1-2-5-11/h3,6-11H,1-2,4-5H2. The molecule has 1 aromatic heterocycles. The summed E-state index contributed by atoms with van der Waals surface area (Å²) in [5.41, 5.74) is 2.36. The van der Waals surface area contributed by atoms with Crippen molar-refractivity contribution in [3.05, 3.63) is 47.2 Å². The van der Waals surface area contributed by atoms with Gasteiger partial charge in [-0.1, -0.05) is 36.6 Å². The average molecular weight is 271 g/mol. The third-order valence-corrected chi connectivity index (χ3v) is 4.70. The summed E-state index contributed by atoms with van der Waals surface area (Å²) in [6.07, 6.45) is 7.20. The van der Waals surface area contributed by atoms with Gasteiger partial charge < -0.3 is 4.42 Å². The van der Waals surface area contributed by atoms with Crippen LogP contribution in [0.5, 0.6) is 0 Å². The maximum atomic E-state index is 6.31. The van der Waals surface area contributed by atoms with Gasteiger partial charge in [-0.2, -0.15) is 0 Å². The fraction of sp³-hybridized carbons (Fsp3) is 0.294. The second-order valence-electron chi connectivity index (χ2n) is 5.45. The predicted molar refractivity (Wildman–Crippen MR) is 79.9 cm³/mol. The highest BCUT2D eigenvalue weighted by Crippen LogP contribution is 2.41. The third-order valence-electron chi connectivity index (χ3n) is 4.37. The van der Waals surface area contributed by atoms with Gasteiger partial charge in [0.05, 0.1) is 6.26 Å². The minimum atomic E-state index is 0.658. The number of benzene rings is 2. The molecule has 1 saturated carbocycles. The minimum Gasteiger partial charge on any atom is -0.464 e. The Morgan fingerprint density at radius 1 is 1.00 bits per heavy atom. The number of rotatable bonds is 1. The van der Waals surface area contributed by atoms with Gasteiger partial charge in [-0.05, 0) is 42.3 Å². The summed E-state index contributed by atoms with van der Waals surface area (Å²) >= 11 is 6.31. The molecule has 0 bridgehead atoms. The van der Waals surface area contributed by atoms with Crippen molar-refractivity contribution in [3.8, 4) is 0 Å². The van der Waals surface area contributed by atoms with Crippen molar-refractivity contribution in [2.45, 2.75) is 31.6 Å². The Kier molecular flexibility index (Phi) is 2.56. The van der Waals surface area contributed by atoms with Crippen molar-refractivity contribution in [2.24, 2.45) is 0 Å². The van der Waals surface area contributed by atoms with Crippen LogP contribution in [0.3, 0.4) is 0 Å². The molecule has 2 heteroatoms. The second-order valence-corrected chi connectivity index (χ2v) is 5.85. The van der Waals surface area contributed by atoms with Gasteiger partial charge in [-0.15, -0.1) is 0 Å². The van der Waals surface area contributed by atoms with Crippen molar-refractivity contribution in [1.29, 1.82) is 0 Å². The van der Waals surface area contributed by atoms with Crippen LogP contribution >= 0.6 is 11.6 Å². The van der Waals surface area contributed by atoms with Crippen molar-refractivity contribution in [3.63, 3.8) is 0 Å². The maximum Gasteiger partial charge on any atom is 0.134 e. The van der Waals surface area contributed by atoms with E-state index in [1.54, 1.807) is 0 Å². The van der Waals surface area contributed by atoms with E-state index in [1.165, 1.54) is 42.0 Å². The Morgan fingerprint density at radius 2 is 1.84 bits per heavy atom. The van der Waals surface area contributed by atoms with E-state index in [1.807, 2.05) is 24.5 Å². The average Bonchev–Trinajstić information content (AvgIpc) is 3.07. The highest BCUT2D eigenvalue weighted by Gasteiger charge is 2.22. The van der Waals surface area contributed by atoms with E-state index >= 15 is 0 Å². The summed E-state index contributed by atoms with van der Waals surface area (Å²) in [6.45, 7) is 0. The normalized spacial score (nSPS) is 16.7. The van der Waals surface area contributed by atoms with Gasteiger partial charge in [0.2, 0.25) is 0 Å². The summed E-state index contributed by atoms with van der Waals surface area (Å²) in [6, 6.07) is 10.2. The lowest BCUT2D eigenvalue weighted by Gasteiger charge is -2.08. The van der Waals surface area contributed by atoms with Crippen molar-refractivity contribution < 1.29 is 4.42 Å². The fourth-order valence-corrected chi connectivity index (χ4v) is 3.66. The van der Waals surface area contributed by atoms with E-state index in [0.717, 1.165) is 16.0 Å². The van der Waals surface area contributed by atoms with E-state index in [2.05, 4.69) is 12.1 Å². The van der Waals surface area contributed by atoms with Crippen LogP contribution in [0, 0.1) is 0 Å². The molecule has 4 rings (SSSR count). The van der Waals surface area contributed by atoms with Crippen LogP contribution in [0.1, 0.15) is 37.2 Å². The first-order valence-corrected chi connectivity index (χ1v) is 7.31. The van der Waals surface area contributed by atoms with Gasteiger partial charge in [0.25, 0.3) is 0 Å². The molecule has 0 aliphatic heterocycles. The Morgan fingerprint density at radius 3 is 2.68 bits per heavy atom. The molecule has 0 atom stereocenters. The molecule has 0 saturated heterocycles. The molecule has 1 aliphatic carbocycles. The Labute approximate surface area is 117 Å². The van der Waals surface area contributed by atoms with Gasteiger partial charge in [0.1, 0.15) is 5.58 Å². The molecule has 96 valence electrons. The number of hydrogen-bond donors (Lipinski definition) is 0. The molecule has 0 unspecified atom stereocenters. The monoisotopic (exact) mass is 270 g/mol. The van der Waals surface area contributed by atoms with Crippen LogP contribution in [0.25, 0.3) is 21.7 Å². The molecule has 1 heterocycles. The molecule has 19 heavy (non-hydrogen) atoms. The van der Waals surface area contributed by atoms with E-state index in [9.17, 15) is 0 Å². The van der Waals surface area contributed by atoms with E-state index < -0.39 is 0 Å².